The van der Waals surface area contributed by atoms with Gasteiger partial charge in [-0.3, -0.25) is 0 Å². The van der Waals surface area contributed by atoms with Gasteiger partial charge in [-0.25, -0.2) is 0 Å². The van der Waals surface area contributed by atoms with Crippen molar-refractivity contribution >= 4 is 46.4 Å². The fourth-order valence-electron chi connectivity index (χ4n) is 6.06. The fraction of sp³-hybridized carbons (Fsp3) is 0.0526. The van der Waals surface area contributed by atoms with Crippen molar-refractivity contribution < 1.29 is 20.4 Å². The molecule has 0 aliphatic rings. The van der Waals surface area contributed by atoms with Gasteiger partial charge in [-0.1, -0.05) is 109 Å². The molecule has 6 aromatic carbocycles. The third-order valence-electron chi connectivity index (χ3n) is 7.95. The summed E-state index contributed by atoms with van der Waals surface area (Å²) in [6.45, 7) is 0. The zero-order valence-corrected chi connectivity index (χ0v) is 26.3. The molecule has 0 heterocycles. The van der Waals surface area contributed by atoms with Crippen molar-refractivity contribution in [1.29, 1.82) is 0 Å². The van der Waals surface area contributed by atoms with Crippen LogP contribution in [0.1, 0.15) is 0 Å². The van der Waals surface area contributed by atoms with Gasteiger partial charge in [-0.2, -0.15) is 0 Å². The van der Waals surface area contributed by atoms with Crippen LogP contribution in [0.5, 0.6) is 0 Å². The Hall–Kier alpha value is -3.16. The number of hydrogen-bond donors (Lipinski definition) is 0. The molecule has 0 spiro atoms. The molecule has 0 aliphatic carbocycles. The third kappa shape index (κ3) is 5.80. The van der Waals surface area contributed by atoms with E-state index in [1.165, 1.54) is 31.8 Å². The first-order valence-electron chi connectivity index (χ1n) is 13.9. The number of hydrogen-bond acceptors (Lipinski definition) is 0. The molecule has 41 heavy (non-hydrogen) atoms. The minimum absolute atomic E-state index is 0. The van der Waals surface area contributed by atoms with Gasteiger partial charge in [0.1, 0.15) is 58.7 Å². The van der Waals surface area contributed by atoms with E-state index >= 15 is 0 Å². The molecule has 0 nitrogen and oxygen atoms in total. The molecule has 0 unspecified atom stereocenters. The molecular weight excluding hydrogens is 625 g/mol. The summed E-state index contributed by atoms with van der Waals surface area (Å²) in [5, 5.41) is 8.66. The van der Waals surface area contributed by atoms with Crippen molar-refractivity contribution in [1.82, 2.24) is 0 Å². The molecule has 0 amide bonds. The topological polar surface area (TPSA) is 0 Å². The summed E-state index contributed by atoms with van der Waals surface area (Å²) in [6.07, 6.45) is 2.16. The maximum Gasteiger partial charge on any atom is 0.115 e. The minimum atomic E-state index is -1.98. The molecule has 0 aliphatic heterocycles. The Labute approximate surface area is 259 Å². The Morgan fingerprint density at radius 3 is 0.537 bits per heavy atom. The van der Waals surface area contributed by atoms with Crippen LogP contribution in [0.3, 0.4) is 0 Å². The van der Waals surface area contributed by atoms with Gasteiger partial charge < -0.3 is 0 Å². The molecule has 6 aromatic rings. The van der Waals surface area contributed by atoms with Crippen LogP contribution < -0.4 is 31.8 Å². The van der Waals surface area contributed by atoms with Gasteiger partial charge in [0.2, 0.25) is 0 Å². The number of rotatable bonds is 9. The van der Waals surface area contributed by atoms with Gasteiger partial charge in [0.05, 0.1) is 0 Å². The molecule has 0 bridgehead atoms. The largest absolute Gasteiger partial charge is 0.115 e. The first kappa shape index (κ1) is 29.3. The molecule has 0 N–H and O–H groups in total. The van der Waals surface area contributed by atoms with Crippen molar-refractivity contribution in [2.24, 2.45) is 0 Å². The normalized spacial score (nSPS) is 11.4. The van der Waals surface area contributed by atoms with Crippen molar-refractivity contribution in [2.45, 2.75) is 0 Å². The van der Waals surface area contributed by atoms with Crippen LogP contribution in [0.4, 0.5) is 0 Å². The van der Waals surface area contributed by atoms with Crippen molar-refractivity contribution in [3.8, 4) is 0 Å². The summed E-state index contributed by atoms with van der Waals surface area (Å²) in [4.78, 5) is 0. The summed E-state index contributed by atoms with van der Waals surface area (Å²) >= 11 is 0. The maximum atomic E-state index is 2.36. The average molecular weight is 659 g/mol. The summed E-state index contributed by atoms with van der Waals surface area (Å²) < 4.78 is 0. The standard InChI is InChI=1S/C38H34P2.Pd/c1-7-19-33(20-8-1)39(34-21-9-2-10-22-34,35-23-11-3-12-24-35)31-32-40(36-25-13-4-14-26-36,37-27-15-5-16-28-37)38-29-17-6-18-30-38;/h1-30H,31-32H2;/q+2;. The molecule has 6 rings (SSSR count). The SMILES string of the molecule is [Pd].c1ccc([P+](CC[P+](c2ccccc2)(c2ccccc2)c2ccccc2)(c2ccccc2)c2ccccc2)cc1. The summed E-state index contributed by atoms with van der Waals surface area (Å²) in [6, 6.07) is 67.8. The molecular formula is C38H34P2Pd+2. The Morgan fingerprint density at radius 2 is 0.390 bits per heavy atom. The predicted octanol–water partition coefficient (Wildman–Crippen LogP) is 6.97. The molecule has 204 valence electrons. The summed E-state index contributed by atoms with van der Waals surface area (Å²) in [7, 11) is -3.97. The Morgan fingerprint density at radius 1 is 0.244 bits per heavy atom. The second-order valence-electron chi connectivity index (χ2n) is 10.1. The van der Waals surface area contributed by atoms with Crippen LogP contribution in [-0.2, 0) is 20.4 Å². The van der Waals surface area contributed by atoms with E-state index < -0.39 is 14.5 Å². The van der Waals surface area contributed by atoms with Gasteiger partial charge in [0.15, 0.2) is 0 Å². The second-order valence-corrected chi connectivity index (χ2v) is 17.3. The zero-order chi connectivity index (χ0) is 27.1. The van der Waals surface area contributed by atoms with Gasteiger partial charge in [0, 0.05) is 20.4 Å². The van der Waals surface area contributed by atoms with E-state index in [0.29, 0.717) is 0 Å². The van der Waals surface area contributed by atoms with E-state index in [4.69, 9.17) is 0 Å². The van der Waals surface area contributed by atoms with E-state index in [1.54, 1.807) is 0 Å². The Kier molecular flexibility index (Phi) is 9.78. The van der Waals surface area contributed by atoms with Crippen molar-refractivity contribution in [3.05, 3.63) is 182 Å². The first-order valence-corrected chi connectivity index (χ1v) is 17.9. The van der Waals surface area contributed by atoms with Crippen LogP contribution in [0, 0.1) is 0 Å². The smallest absolute Gasteiger partial charge is 0.0620 e. The van der Waals surface area contributed by atoms with Crippen molar-refractivity contribution in [2.75, 3.05) is 12.3 Å². The van der Waals surface area contributed by atoms with E-state index in [9.17, 15) is 0 Å². The van der Waals surface area contributed by atoms with E-state index in [1.807, 2.05) is 0 Å². The van der Waals surface area contributed by atoms with Crippen LogP contribution in [0.25, 0.3) is 0 Å². The summed E-state index contributed by atoms with van der Waals surface area (Å²) in [5.74, 6) is 0. The van der Waals surface area contributed by atoms with Crippen LogP contribution >= 0.6 is 14.5 Å². The van der Waals surface area contributed by atoms with E-state index in [0.717, 1.165) is 12.3 Å². The van der Waals surface area contributed by atoms with Crippen molar-refractivity contribution in [3.63, 3.8) is 0 Å². The maximum absolute atomic E-state index is 2.36. The average Bonchev–Trinajstić information content (AvgIpc) is 3.06. The zero-order valence-electron chi connectivity index (χ0n) is 22.9. The predicted molar refractivity (Wildman–Crippen MR) is 180 cm³/mol. The monoisotopic (exact) mass is 658 g/mol. The van der Waals surface area contributed by atoms with Gasteiger partial charge in [-0.15, -0.1) is 0 Å². The van der Waals surface area contributed by atoms with Crippen LogP contribution in [0.2, 0.25) is 0 Å². The molecule has 0 aromatic heterocycles. The molecule has 0 atom stereocenters. The Balaban J connectivity index is 0.00000337. The molecule has 0 saturated heterocycles. The van der Waals surface area contributed by atoms with Crippen LogP contribution in [0.15, 0.2) is 182 Å². The van der Waals surface area contributed by atoms with Gasteiger partial charge in [0.25, 0.3) is 0 Å². The quantitative estimate of drug-likeness (QED) is 0.116. The molecule has 0 radical (unpaired) electrons. The molecule has 3 heteroatoms. The number of benzene rings is 6. The van der Waals surface area contributed by atoms with E-state index in [-0.39, 0.29) is 20.4 Å². The summed E-state index contributed by atoms with van der Waals surface area (Å²) in [5.41, 5.74) is 0. The first-order chi connectivity index (χ1) is 19.8. The minimum Gasteiger partial charge on any atom is -0.0620 e. The van der Waals surface area contributed by atoms with E-state index in [2.05, 4.69) is 182 Å². The molecule has 0 saturated carbocycles. The second kappa shape index (κ2) is 13.7. The Bertz CT molecular complexity index is 1290. The van der Waals surface area contributed by atoms with Crippen LogP contribution in [-0.4, -0.2) is 12.3 Å². The van der Waals surface area contributed by atoms with Gasteiger partial charge >= 0.3 is 0 Å². The van der Waals surface area contributed by atoms with Gasteiger partial charge in [-0.05, 0) is 72.8 Å². The fourth-order valence-corrected chi connectivity index (χ4v) is 15.9. The third-order valence-corrected chi connectivity index (χ3v) is 17.2. The molecule has 0 fully saturated rings.